The second kappa shape index (κ2) is 6.12. The highest BCUT2D eigenvalue weighted by Crippen LogP contribution is 2.35. The third-order valence-electron chi connectivity index (χ3n) is 2.63. The Morgan fingerprint density at radius 1 is 1.42 bits per heavy atom. The molecular weight excluding hydrogens is 261 g/mol. The van der Waals surface area contributed by atoms with Crippen LogP contribution in [0.3, 0.4) is 0 Å². The van der Waals surface area contributed by atoms with E-state index in [-0.39, 0.29) is 18.8 Å². The van der Waals surface area contributed by atoms with Gasteiger partial charge in [0.2, 0.25) is 0 Å². The van der Waals surface area contributed by atoms with Gasteiger partial charge >= 0.3 is 6.18 Å². The van der Waals surface area contributed by atoms with Gasteiger partial charge in [-0.05, 0) is 18.2 Å². The van der Waals surface area contributed by atoms with E-state index in [4.69, 9.17) is 10.5 Å². The number of nitrogens with zero attached hydrogens (tertiary/aromatic N) is 1. The van der Waals surface area contributed by atoms with Crippen LogP contribution >= 0.6 is 0 Å². The van der Waals surface area contributed by atoms with Crippen LogP contribution in [0.1, 0.15) is 5.56 Å². The van der Waals surface area contributed by atoms with Crippen molar-refractivity contribution in [1.82, 2.24) is 0 Å². The second-order valence-corrected chi connectivity index (χ2v) is 4.26. The first kappa shape index (κ1) is 15.6. The molecule has 0 bridgehead atoms. The Bertz CT molecular complexity index is 424. The van der Waals surface area contributed by atoms with Crippen LogP contribution in [0.5, 0.6) is 0 Å². The highest BCUT2D eigenvalue weighted by molar-refractivity contribution is 5.59. The molecule has 4 nitrogen and oxygen atoms in total. The van der Waals surface area contributed by atoms with Gasteiger partial charge < -0.3 is 20.5 Å². The number of benzene rings is 1. The van der Waals surface area contributed by atoms with E-state index in [0.29, 0.717) is 5.69 Å². The lowest BCUT2D eigenvalue weighted by Gasteiger charge is -2.23. The Morgan fingerprint density at radius 3 is 2.58 bits per heavy atom. The van der Waals surface area contributed by atoms with Crippen LogP contribution in [-0.2, 0) is 10.9 Å². The molecule has 0 aromatic heterocycles. The minimum absolute atomic E-state index is 0.117. The van der Waals surface area contributed by atoms with Crippen molar-refractivity contribution >= 4 is 11.4 Å². The summed E-state index contributed by atoms with van der Waals surface area (Å²) in [5, 5.41) is 9.55. The summed E-state index contributed by atoms with van der Waals surface area (Å²) in [7, 11) is 3.03. The van der Waals surface area contributed by atoms with E-state index in [1.807, 2.05) is 0 Å². The standard InChI is InChI=1S/C12H17F3N2O2/c1-17(6-9(18)7-19-2)8-3-4-11(16)10(5-8)12(13,14)15/h3-5,9,18H,6-7,16H2,1-2H3. The van der Waals surface area contributed by atoms with Crippen LogP contribution in [0.15, 0.2) is 18.2 Å². The van der Waals surface area contributed by atoms with Gasteiger partial charge in [-0.3, -0.25) is 0 Å². The molecule has 1 rings (SSSR count). The fourth-order valence-corrected chi connectivity index (χ4v) is 1.69. The van der Waals surface area contributed by atoms with Crippen molar-refractivity contribution in [3.63, 3.8) is 0 Å². The summed E-state index contributed by atoms with van der Waals surface area (Å²) < 4.78 is 42.9. The summed E-state index contributed by atoms with van der Waals surface area (Å²) in [6.07, 6.45) is -5.27. The number of likely N-dealkylation sites (N-methyl/N-ethyl adjacent to an activating group) is 1. The Hall–Kier alpha value is -1.47. The van der Waals surface area contributed by atoms with E-state index in [2.05, 4.69) is 0 Å². The number of aliphatic hydroxyl groups excluding tert-OH is 1. The molecule has 1 unspecified atom stereocenters. The van der Waals surface area contributed by atoms with Crippen LogP contribution in [0, 0.1) is 0 Å². The molecule has 19 heavy (non-hydrogen) atoms. The molecule has 0 heterocycles. The van der Waals surface area contributed by atoms with Gasteiger partial charge in [-0.15, -0.1) is 0 Å². The van der Waals surface area contributed by atoms with Crippen LogP contribution in [0.25, 0.3) is 0 Å². The summed E-state index contributed by atoms with van der Waals surface area (Å²) in [5.41, 5.74) is 4.45. The molecule has 0 spiro atoms. The maximum Gasteiger partial charge on any atom is 0.418 e. The van der Waals surface area contributed by atoms with Gasteiger partial charge in [0.05, 0.1) is 18.3 Å². The molecule has 108 valence electrons. The summed E-state index contributed by atoms with van der Waals surface area (Å²) >= 11 is 0. The quantitative estimate of drug-likeness (QED) is 0.805. The number of halogens is 3. The van der Waals surface area contributed by atoms with Crippen LogP contribution in [-0.4, -0.2) is 38.5 Å². The number of ether oxygens (including phenoxy) is 1. The van der Waals surface area contributed by atoms with Gasteiger partial charge in [-0.25, -0.2) is 0 Å². The summed E-state index contributed by atoms with van der Waals surface area (Å²) in [5.74, 6) is 0. The molecular formula is C12H17F3N2O2. The average Bonchev–Trinajstić information content (AvgIpc) is 2.27. The largest absolute Gasteiger partial charge is 0.418 e. The molecule has 3 N–H and O–H groups in total. The van der Waals surface area contributed by atoms with Crippen molar-refractivity contribution in [2.45, 2.75) is 12.3 Å². The van der Waals surface area contributed by atoms with Crippen LogP contribution < -0.4 is 10.6 Å². The van der Waals surface area contributed by atoms with Gasteiger partial charge in [-0.1, -0.05) is 0 Å². The summed E-state index contributed by atoms with van der Waals surface area (Å²) in [6, 6.07) is 3.65. The van der Waals surface area contributed by atoms with E-state index >= 15 is 0 Å². The zero-order valence-corrected chi connectivity index (χ0v) is 10.7. The van der Waals surface area contributed by atoms with Crippen molar-refractivity contribution < 1.29 is 23.0 Å². The van der Waals surface area contributed by atoms with Gasteiger partial charge in [0.25, 0.3) is 0 Å². The summed E-state index contributed by atoms with van der Waals surface area (Å²) in [6.45, 7) is 0.278. The Balaban J connectivity index is 2.90. The minimum atomic E-state index is -4.49. The van der Waals surface area contributed by atoms with Gasteiger partial charge in [-0.2, -0.15) is 13.2 Å². The predicted octanol–water partition coefficient (Wildman–Crippen LogP) is 1.73. The fraction of sp³-hybridized carbons (Fsp3) is 0.500. The van der Waals surface area contributed by atoms with E-state index in [1.165, 1.54) is 24.1 Å². The van der Waals surface area contributed by atoms with E-state index < -0.39 is 17.8 Å². The molecule has 0 aliphatic carbocycles. The first-order valence-corrected chi connectivity index (χ1v) is 5.60. The topological polar surface area (TPSA) is 58.7 Å². The molecule has 0 aliphatic rings. The number of hydrogen-bond donors (Lipinski definition) is 2. The van der Waals surface area contributed by atoms with Crippen molar-refractivity contribution in [2.24, 2.45) is 0 Å². The molecule has 0 fully saturated rings. The van der Waals surface area contributed by atoms with Gasteiger partial charge in [0.1, 0.15) is 0 Å². The smallest absolute Gasteiger partial charge is 0.398 e. The lowest BCUT2D eigenvalue weighted by molar-refractivity contribution is -0.136. The molecule has 7 heteroatoms. The van der Waals surface area contributed by atoms with Crippen LogP contribution in [0.2, 0.25) is 0 Å². The number of alkyl halides is 3. The lowest BCUT2D eigenvalue weighted by Crippen LogP contribution is -2.32. The predicted molar refractivity (Wildman–Crippen MR) is 67.0 cm³/mol. The molecule has 0 saturated carbocycles. The normalized spacial score (nSPS) is 13.4. The number of nitrogens with two attached hydrogens (primary N) is 1. The van der Waals surface area contributed by atoms with Crippen molar-refractivity contribution in [2.75, 3.05) is 37.9 Å². The van der Waals surface area contributed by atoms with E-state index in [0.717, 1.165) is 6.07 Å². The summed E-state index contributed by atoms with van der Waals surface area (Å²) in [4.78, 5) is 1.51. The Kier molecular flexibility index (Phi) is 5.02. The number of nitrogen functional groups attached to an aromatic ring is 1. The Morgan fingerprint density at radius 2 is 2.05 bits per heavy atom. The number of aliphatic hydroxyl groups is 1. The molecule has 1 aromatic rings. The molecule has 0 radical (unpaired) electrons. The highest BCUT2D eigenvalue weighted by Gasteiger charge is 2.33. The van der Waals surface area contributed by atoms with E-state index in [1.54, 1.807) is 7.05 Å². The minimum Gasteiger partial charge on any atom is -0.398 e. The average molecular weight is 278 g/mol. The zero-order valence-electron chi connectivity index (χ0n) is 10.7. The molecule has 0 saturated heterocycles. The molecule has 0 amide bonds. The zero-order chi connectivity index (χ0) is 14.6. The molecule has 1 atom stereocenters. The van der Waals surface area contributed by atoms with Gasteiger partial charge in [0.15, 0.2) is 0 Å². The Labute approximate surface area is 109 Å². The third-order valence-corrected chi connectivity index (χ3v) is 2.63. The number of anilines is 2. The van der Waals surface area contributed by atoms with E-state index in [9.17, 15) is 18.3 Å². The molecule has 1 aromatic carbocycles. The first-order valence-electron chi connectivity index (χ1n) is 5.60. The number of hydrogen-bond acceptors (Lipinski definition) is 4. The van der Waals surface area contributed by atoms with Crippen molar-refractivity contribution in [1.29, 1.82) is 0 Å². The number of rotatable bonds is 5. The van der Waals surface area contributed by atoms with Crippen molar-refractivity contribution in [3.8, 4) is 0 Å². The maximum absolute atomic E-state index is 12.7. The molecule has 0 aliphatic heterocycles. The first-order chi connectivity index (χ1) is 8.75. The number of methoxy groups -OCH3 is 1. The van der Waals surface area contributed by atoms with Crippen molar-refractivity contribution in [3.05, 3.63) is 23.8 Å². The van der Waals surface area contributed by atoms with Crippen LogP contribution in [0.4, 0.5) is 24.5 Å². The monoisotopic (exact) mass is 278 g/mol. The third kappa shape index (κ3) is 4.29. The maximum atomic E-state index is 12.7. The lowest BCUT2D eigenvalue weighted by atomic mass is 10.1. The fourth-order valence-electron chi connectivity index (χ4n) is 1.69. The SMILES string of the molecule is COCC(O)CN(C)c1ccc(N)c(C(F)(F)F)c1. The second-order valence-electron chi connectivity index (χ2n) is 4.26. The highest BCUT2D eigenvalue weighted by atomic mass is 19.4. The van der Waals surface area contributed by atoms with Gasteiger partial charge in [0, 0.05) is 32.1 Å².